The lowest BCUT2D eigenvalue weighted by Crippen LogP contribution is -2.60. The molecule has 4 nitrogen and oxygen atoms in total. The van der Waals surface area contributed by atoms with Gasteiger partial charge in [-0.2, -0.15) is 0 Å². The maximum atomic E-state index is 12.4. The van der Waals surface area contributed by atoms with Gasteiger partial charge >= 0.3 is 11.9 Å². The lowest BCUT2D eigenvalue weighted by atomic mass is 9.44. The summed E-state index contributed by atoms with van der Waals surface area (Å²) in [5.74, 6) is -0.784. The van der Waals surface area contributed by atoms with Crippen LogP contribution in [-0.4, -0.2) is 23.1 Å². The number of allylic oxidation sites excluding steroid dienone is 3. The number of aliphatic carboxylic acids is 1. The van der Waals surface area contributed by atoms with E-state index in [0.717, 1.165) is 32.1 Å². The van der Waals surface area contributed by atoms with Gasteiger partial charge in [0.15, 0.2) is 0 Å². The molecule has 3 aliphatic rings. The van der Waals surface area contributed by atoms with Crippen molar-refractivity contribution in [1.29, 1.82) is 0 Å². The Morgan fingerprint density at radius 3 is 2.50 bits per heavy atom. The van der Waals surface area contributed by atoms with Gasteiger partial charge in [0, 0.05) is 12.3 Å². The van der Waals surface area contributed by atoms with E-state index in [-0.39, 0.29) is 22.7 Å². The molecular formula is C22H32O4. The molecule has 144 valence electrons. The molecule has 0 aliphatic heterocycles. The van der Waals surface area contributed by atoms with E-state index in [0.29, 0.717) is 12.3 Å². The minimum absolute atomic E-state index is 0.0147. The molecule has 0 unspecified atom stereocenters. The van der Waals surface area contributed by atoms with Crippen molar-refractivity contribution in [2.75, 3.05) is 0 Å². The molecule has 0 saturated heterocycles. The molecule has 0 bridgehead atoms. The summed E-state index contributed by atoms with van der Waals surface area (Å²) in [7, 11) is 0. The summed E-state index contributed by atoms with van der Waals surface area (Å²) in [5, 5.41) is 10.1. The molecule has 0 amide bonds. The summed E-state index contributed by atoms with van der Waals surface area (Å²) < 4.78 is 5.50. The minimum Gasteiger partial charge on any atom is -0.481 e. The molecule has 2 fully saturated rings. The van der Waals surface area contributed by atoms with Crippen LogP contribution in [-0.2, 0) is 14.3 Å². The lowest BCUT2D eigenvalue weighted by molar-refractivity contribution is -0.195. The highest BCUT2D eigenvalue weighted by molar-refractivity contribution is 5.77. The minimum atomic E-state index is -1.02. The first-order valence-electron chi connectivity index (χ1n) is 9.82. The number of hydrogen-bond donors (Lipinski definition) is 1. The Morgan fingerprint density at radius 1 is 1.23 bits per heavy atom. The molecule has 0 spiro atoms. The molecule has 2 saturated carbocycles. The van der Waals surface area contributed by atoms with E-state index in [2.05, 4.69) is 26.5 Å². The zero-order chi connectivity index (χ0) is 19.3. The number of carboxylic acids is 1. The second-order valence-electron chi connectivity index (χ2n) is 9.34. The number of hydrogen-bond acceptors (Lipinski definition) is 3. The maximum Gasteiger partial charge on any atom is 0.313 e. The van der Waals surface area contributed by atoms with Gasteiger partial charge in [0.25, 0.3) is 0 Å². The van der Waals surface area contributed by atoms with Crippen molar-refractivity contribution in [2.24, 2.45) is 28.1 Å². The first-order chi connectivity index (χ1) is 12.1. The molecule has 6 atom stereocenters. The van der Waals surface area contributed by atoms with Crippen molar-refractivity contribution in [2.45, 2.75) is 72.3 Å². The number of fused-ring (bicyclic) bond motifs is 3. The van der Waals surface area contributed by atoms with Crippen LogP contribution in [0.25, 0.3) is 0 Å². The van der Waals surface area contributed by atoms with E-state index >= 15 is 0 Å². The van der Waals surface area contributed by atoms with E-state index in [4.69, 9.17) is 4.74 Å². The average molecular weight is 360 g/mol. The smallest absolute Gasteiger partial charge is 0.313 e. The molecule has 4 heteroatoms. The fourth-order valence-corrected chi connectivity index (χ4v) is 6.25. The monoisotopic (exact) mass is 360 g/mol. The first-order valence-corrected chi connectivity index (χ1v) is 9.82. The Morgan fingerprint density at radius 2 is 1.92 bits per heavy atom. The third-order valence-corrected chi connectivity index (χ3v) is 7.82. The fourth-order valence-electron chi connectivity index (χ4n) is 6.25. The molecule has 3 rings (SSSR count). The van der Waals surface area contributed by atoms with Gasteiger partial charge in [-0.15, -0.1) is 6.58 Å². The van der Waals surface area contributed by atoms with Crippen LogP contribution in [0.2, 0.25) is 0 Å². The first kappa shape index (κ1) is 19.2. The topological polar surface area (TPSA) is 63.6 Å². The van der Waals surface area contributed by atoms with Gasteiger partial charge in [0.05, 0.1) is 0 Å². The number of esters is 1. The molecule has 26 heavy (non-hydrogen) atoms. The van der Waals surface area contributed by atoms with Crippen LogP contribution in [0.15, 0.2) is 24.3 Å². The number of rotatable bonds is 3. The quantitative estimate of drug-likeness (QED) is 0.583. The number of carbonyl (C=O) groups is 2. The van der Waals surface area contributed by atoms with E-state index < -0.39 is 17.5 Å². The summed E-state index contributed by atoms with van der Waals surface area (Å²) in [6.45, 7) is 11.7. The van der Waals surface area contributed by atoms with Crippen LogP contribution in [0.3, 0.4) is 0 Å². The second-order valence-corrected chi connectivity index (χ2v) is 9.34. The predicted molar refractivity (Wildman–Crippen MR) is 100 cm³/mol. The summed E-state index contributed by atoms with van der Waals surface area (Å²) in [6.07, 6.45) is 9.34. The molecular weight excluding hydrogens is 328 g/mol. The molecule has 3 aliphatic carbocycles. The summed E-state index contributed by atoms with van der Waals surface area (Å²) in [6, 6.07) is 0. The van der Waals surface area contributed by atoms with Gasteiger partial charge in [-0.25, -0.2) is 0 Å². The van der Waals surface area contributed by atoms with Crippen LogP contribution in [0.1, 0.15) is 66.2 Å². The van der Waals surface area contributed by atoms with E-state index in [1.54, 1.807) is 6.92 Å². The van der Waals surface area contributed by atoms with Crippen molar-refractivity contribution in [3.8, 4) is 0 Å². The van der Waals surface area contributed by atoms with Crippen molar-refractivity contribution < 1.29 is 19.4 Å². The van der Waals surface area contributed by atoms with Crippen LogP contribution in [0, 0.1) is 28.1 Å². The maximum absolute atomic E-state index is 12.4. The fraction of sp³-hybridized carbons (Fsp3) is 0.727. The summed E-state index contributed by atoms with van der Waals surface area (Å²) in [5.41, 5.74) is 0.455. The molecule has 1 N–H and O–H groups in total. The standard InChI is InChI=1S/C22H32O4/c1-6-20(3)11-9-16-15(13-20)7-8-17-21(16,4)12-10-18(26-14(2)23)22(17,5)19(24)25/h6,13,16-18H,1,7-12H2,2-5H3,(H,24,25)/t16-,17+,18-,20-,21+,22+/m0/s1. The molecule has 0 aromatic rings. The largest absolute Gasteiger partial charge is 0.481 e. The molecule has 0 radical (unpaired) electrons. The highest BCUT2D eigenvalue weighted by atomic mass is 16.5. The van der Waals surface area contributed by atoms with Crippen molar-refractivity contribution in [3.05, 3.63) is 24.3 Å². The van der Waals surface area contributed by atoms with Gasteiger partial charge in [-0.05, 0) is 62.7 Å². The SMILES string of the molecule is C=C[C@]1(C)C=C2CC[C@@H]3[C@](C)(CC[C@H](OC(C)=O)[C@]3(C)C(=O)O)[C@H]2CC1. The van der Waals surface area contributed by atoms with Gasteiger partial charge in [0.2, 0.25) is 0 Å². The number of carboxylic acid groups (broad SMARTS) is 1. The van der Waals surface area contributed by atoms with Gasteiger partial charge < -0.3 is 9.84 Å². The molecule has 0 heterocycles. The molecule has 0 aromatic heterocycles. The van der Waals surface area contributed by atoms with Gasteiger partial charge in [-0.1, -0.05) is 31.6 Å². The average Bonchev–Trinajstić information content (AvgIpc) is 2.57. The Kier molecular flexibility index (Phi) is 4.61. The predicted octanol–water partition coefficient (Wildman–Crippen LogP) is 4.75. The van der Waals surface area contributed by atoms with Crippen LogP contribution in [0.5, 0.6) is 0 Å². The van der Waals surface area contributed by atoms with Crippen LogP contribution in [0.4, 0.5) is 0 Å². The van der Waals surface area contributed by atoms with Gasteiger partial charge in [-0.3, -0.25) is 9.59 Å². The van der Waals surface area contributed by atoms with Gasteiger partial charge in [0.1, 0.15) is 11.5 Å². The summed E-state index contributed by atoms with van der Waals surface area (Å²) in [4.78, 5) is 23.9. The third-order valence-electron chi connectivity index (χ3n) is 7.82. The lowest BCUT2D eigenvalue weighted by Gasteiger charge is -2.60. The zero-order valence-electron chi connectivity index (χ0n) is 16.5. The van der Waals surface area contributed by atoms with Crippen LogP contribution < -0.4 is 0 Å². The normalized spacial score (nSPS) is 44.9. The Labute approximate surface area is 156 Å². The van der Waals surface area contributed by atoms with Crippen molar-refractivity contribution in [1.82, 2.24) is 0 Å². The molecule has 0 aromatic carbocycles. The Hall–Kier alpha value is -1.58. The third kappa shape index (κ3) is 2.73. The van der Waals surface area contributed by atoms with E-state index in [9.17, 15) is 14.7 Å². The highest BCUT2D eigenvalue weighted by Gasteiger charge is 2.63. The highest BCUT2D eigenvalue weighted by Crippen LogP contribution is 2.64. The number of carbonyl (C=O) groups excluding carboxylic acids is 1. The zero-order valence-corrected chi connectivity index (χ0v) is 16.5. The van der Waals surface area contributed by atoms with Crippen molar-refractivity contribution in [3.63, 3.8) is 0 Å². The Balaban J connectivity index is 2.00. The number of ether oxygens (including phenoxy) is 1. The van der Waals surface area contributed by atoms with E-state index in [1.165, 1.54) is 12.5 Å². The van der Waals surface area contributed by atoms with Crippen LogP contribution >= 0.6 is 0 Å². The Bertz CT molecular complexity index is 665. The second kappa shape index (κ2) is 6.24. The van der Waals surface area contributed by atoms with Crippen molar-refractivity contribution >= 4 is 11.9 Å². The summed E-state index contributed by atoms with van der Waals surface area (Å²) >= 11 is 0. The van der Waals surface area contributed by atoms with E-state index in [1.807, 2.05) is 6.08 Å².